The number of sulfonamides is 1. The molecule has 210 valence electrons. The third-order valence-corrected chi connectivity index (χ3v) is 12.0. The van der Waals surface area contributed by atoms with Gasteiger partial charge in [-0.1, -0.05) is 50.2 Å². The van der Waals surface area contributed by atoms with E-state index in [0.717, 1.165) is 42.1 Å². The summed E-state index contributed by atoms with van der Waals surface area (Å²) in [6, 6.07) is 12.6. The van der Waals surface area contributed by atoms with Crippen LogP contribution in [0.3, 0.4) is 0 Å². The third-order valence-electron chi connectivity index (χ3n) is 10.2. The molecule has 0 aromatic heterocycles. The van der Waals surface area contributed by atoms with E-state index >= 15 is 0 Å². The van der Waals surface area contributed by atoms with E-state index in [-0.39, 0.29) is 23.5 Å². The summed E-state index contributed by atoms with van der Waals surface area (Å²) in [4.78, 5) is 2.51. The van der Waals surface area contributed by atoms with Crippen LogP contribution in [0.15, 0.2) is 42.5 Å². The first-order chi connectivity index (χ1) is 18.6. The fraction of sp³-hybridized carbons (Fsp3) is 0.613. The summed E-state index contributed by atoms with van der Waals surface area (Å²) < 4.78 is 36.6. The molecule has 2 saturated carbocycles. The molecule has 3 fully saturated rings. The van der Waals surface area contributed by atoms with Gasteiger partial charge in [-0.05, 0) is 74.1 Å². The van der Waals surface area contributed by atoms with Gasteiger partial charge in [-0.3, -0.25) is 4.90 Å². The topological polar surface area (TPSA) is 90.3 Å². The number of piperidine rings is 1. The maximum absolute atomic E-state index is 14.1. The first-order valence-electron chi connectivity index (χ1n) is 14.7. The van der Waals surface area contributed by atoms with Gasteiger partial charge < -0.3 is 14.9 Å². The predicted molar refractivity (Wildman–Crippen MR) is 149 cm³/mol. The lowest BCUT2D eigenvalue weighted by Crippen LogP contribution is -2.78. The Bertz CT molecular complexity index is 1380. The highest BCUT2D eigenvalue weighted by Crippen LogP contribution is 2.66. The molecule has 7 rings (SSSR count). The van der Waals surface area contributed by atoms with Gasteiger partial charge in [-0.2, -0.15) is 4.31 Å². The van der Waals surface area contributed by atoms with Crippen LogP contribution in [0.1, 0.15) is 62.6 Å². The largest absolute Gasteiger partial charge is 0.504 e. The van der Waals surface area contributed by atoms with Crippen LogP contribution >= 0.6 is 0 Å². The number of aromatic hydroxyl groups is 1. The number of nitrogens with zero attached hydrogens (tertiary/aromatic N) is 2. The summed E-state index contributed by atoms with van der Waals surface area (Å²) in [7, 11) is -3.69. The minimum Gasteiger partial charge on any atom is -0.504 e. The van der Waals surface area contributed by atoms with Crippen molar-refractivity contribution in [3.05, 3.63) is 59.2 Å². The van der Waals surface area contributed by atoms with Crippen LogP contribution in [0, 0.1) is 11.8 Å². The van der Waals surface area contributed by atoms with Crippen molar-refractivity contribution >= 4 is 10.0 Å². The van der Waals surface area contributed by atoms with Crippen molar-refractivity contribution in [3.63, 3.8) is 0 Å². The van der Waals surface area contributed by atoms with Crippen molar-refractivity contribution in [1.29, 1.82) is 0 Å². The van der Waals surface area contributed by atoms with Crippen LogP contribution in [0.4, 0.5) is 0 Å². The first kappa shape index (κ1) is 25.8. The van der Waals surface area contributed by atoms with Gasteiger partial charge in [-0.15, -0.1) is 0 Å². The number of rotatable bonds is 8. The minimum absolute atomic E-state index is 0.0265. The van der Waals surface area contributed by atoms with Gasteiger partial charge in [0, 0.05) is 24.7 Å². The normalized spacial score (nSPS) is 33.3. The van der Waals surface area contributed by atoms with Crippen LogP contribution in [0.2, 0.25) is 0 Å². The molecule has 2 aromatic rings. The van der Waals surface area contributed by atoms with Gasteiger partial charge in [0.1, 0.15) is 6.10 Å². The van der Waals surface area contributed by atoms with Crippen molar-refractivity contribution in [1.82, 2.24) is 9.21 Å². The smallest absolute Gasteiger partial charge is 0.218 e. The van der Waals surface area contributed by atoms with Gasteiger partial charge in [-0.25, -0.2) is 8.42 Å². The van der Waals surface area contributed by atoms with Crippen molar-refractivity contribution in [2.45, 2.75) is 87.3 Å². The van der Waals surface area contributed by atoms with Gasteiger partial charge in [0.15, 0.2) is 11.5 Å². The Morgan fingerprint density at radius 2 is 1.87 bits per heavy atom. The molecular weight excluding hydrogens is 512 g/mol. The van der Waals surface area contributed by atoms with Crippen LogP contribution in [-0.4, -0.2) is 71.3 Å². The number of aliphatic hydroxyl groups is 1. The second kappa shape index (κ2) is 8.93. The van der Waals surface area contributed by atoms with Crippen molar-refractivity contribution < 1.29 is 23.4 Å². The maximum Gasteiger partial charge on any atom is 0.218 e. The molecule has 1 spiro atoms. The number of hydrogen-bond acceptors (Lipinski definition) is 6. The lowest BCUT2D eigenvalue weighted by Gasteiger charge is -2.64. The highest BCUT2D eigenvalue weighted by Gasteiger charge is 2.73. The van der Waals surface area contributed by atoms with E-state index in [0.29, 0.717) is 31.6 Å². The molecule has 5 atom stereocenters. The van der Waals surface area contributed by atoms with Crippen LogP contribution in [0.25, 0.3) is 0 Å². The zero-order valence-corrected chi connectivity index (χ0v) is 23.7. The van der Waals surface area contributed by atoms with E-state index in [9.17, 15) is 18.6 Å². The Morgan fingerprint density at radius 3 is 2.59 bits per heavy atom. The van der Waals surface area contributed by atoms with E-state index in [1.54, 1.807) is 10.4 Å². The highest BCUT2D eigenvalue weighted by atomic mass is 32.2. The first-order valence-corrected chi connectivity index (χ1v) is 16.3. The number of benzene rings is 2. The summed E-state index contributed by atoms with van der Waals surface area (Å²) in [6.07, 6.45) is 4.46. The van der Waals surface area contributed by atoms with Gasteiger partial charge in [0.05, 0.1) is 22.8 Å². The molecular formula is C31H40N2O5S. The van der Waals surface area contributed by atoms with Gasteiger partial charge in [0.2, 0.25) is 10.0 Å². The fourth-order valence-electron chi connectivity index (χ4n) is 8.43. The fourth-order valence-corrected chi connectivity index (χ4v) is 10.4. The van der Waals surface area contributed by atoms with Gasteiger partial charge in [0.25, 0.3) is 0 Å². The van der Waals surface area contributed by atoms with E-state index < -0.39 is 33.2 Å². The second-order valence-electron chi connectivity index (χ2n) is 13.1. The quantitative estimate of drug-likeness (QED) is 0.518. The van der Waals surface area contributed by atoms with Crippen molar-refractivity contribution in [2.24, 2.45) is 11.8 Å². The van der Waals surface area contributed by atoms with Crippen LogP contribution in [-0.2, 0) is 27.6 Å². The minimum atomic E-state index is -3.69. The molecule has 2 aliphatic heterocycles. The van der Waals surface area contributed by atoms with Crippen LogP contribution < -0.4 is 4.74 Å². The number of hydrogen-bond donors (Lipinski definition) is 2. The molecule has 2 unspecified atom stereocenters. The summed E-state index contributed by atoms with van der Waals surface area (Å²) in [5, 5.41) is 23.7. The summed E-state index contributed by atoms with van der Waals surface area (Å²) in [5.41, 5.74) is 1.06. The van der Waals surface area contributed by atoms with E-state index in [1.165, 1.54) is 12.8 Å². The molecule has 39 heavy (non-hydrogen) atoms. The van der Waals surface area contributed by atoms with Crippen LogP contribution in [0.5, 0.6) is 11.5 Å². The highest BCUT2D eigenvalue weighted by molar-refractivity contribution is 7.88. The predicted octanol–water partition coefficient (Wildman–Crippen LogP) is 3.81. The molecule has 2 aromatic carbocycles. The molecule has 2 N–H and O–H groups in total. The van der Waals surface area contributed by atoms with Crippen molar-refractivity contribution in [3.8, 4) is 11.5 Å². The molecule has 2 bridgehead atoms. The molecule has 7 nitrogen and oxygen atoms in total. The van der Waals surface area contributed by atoms with E-state index in [4.69, 9.17) is 4.74 Å². The molecule has 2 heterocycles. The number of ether oxygens (including phenoxy) is 1. The Morgan fingerprint density at radius 1 is 1.10 bits per heavy atom. The molecule has 8 heteroatoms. The Hall–Kier alpha value is -2.13. The molecule has 0 radical (unpaired) electrons. The summed E-state index contributed by atoms with van der Waals surface area (Å²) >= 11 is 0. The molecule has 1 saturated heterocycles. The zero-order chi connectivity index (χ0) is 27.2. The third kappa shape index (κ3) is 3.81. The second-order valence-corrected chi connectivity index (χ2v) is 15.0. The number of phenols is 1. The Kier molecular flexibility index (Phi) is 5.91. The lowest BCUT2D eigenvalue weighted by atomic mass is 9.48. The average molecular weight is 553 g/mol. The van der Waals surface area contributed by atoms with Gasteiger partial charge >= 0.3 is 0 Å². The number of likely N-dealkylation sites (tertiary alicyclic amines) is 1. The SMILES string of the molecule is CC(C)CN(C1CC[C@@]2(O)[C@H]3Cc4ccc(O)c5c4[C@@]2(CCN3CC2CC2)C1O5)S(=O)(=O)Cc1ccccc1. The molecule has 0 amide bonds. The van der Waals surface area contributed by atoms with Crippen molar-refractivity contribution in [2.75, 3.05) is 19.6 Å². The summed E-state index contributed by atoms with van der Waals surface area (Å²) in [6.45, 7) is 6.35. The lowest BCUT2D eigenvalue weighted by molar-refractivity contribution is -0.196. The zero-order valence-electron chi connectivity index (χ0n) is 22.9. The van der Waals surface area contributed by atoms with E-state index in [1.807, 2.05) is 50.2 Å². The molecule has 3 aliphatic carbocycles. The number of phenolic OH excluding ortho intramolecular Hbond substituents is 1. The Balaban J connectivity index is 1.33. The molecule has 5 aliphatic rings. The monoisotopic (exact) mass is 552 g/mol. The Labute approximate surface area is 231 Å². The maximum atomic E-state index is 14.1. The summed E-state index contributed by atoms with van der Waals surface area (Å²) in [5.74, 6) is 1.32. The standard InChI is InChI=1S/C31H40N2O5S/c1-20(2)17-33(39(36,37)19-22-6-4-3-5-7-22)24-12-13-31(35)26-16-23-10-11-25(34)28-27(23)30(31,29(24)38-28)14-15-32(26)18-21-8-9-21/h3-7,10-11,20-21,24,26,29,34-35H,8-9,12-19H2,1-2H3/t24?,26-,29?,30+,31-/m1/s1. The average Bonchev–Trinajstić information content (AvgIpc) is 3.63. The van der Waals surface area contributed by atoms with E-state index in [2.05, 4.69) is 4.90 Å².